The van der Waals surface area contributed by atoms with Gasteiger partial charge in [0.1, 0.15) is 12.0 Å². The van der Waals surface area contributed by atoms with Crippen molar-refractivity contribution in [2.24, 2.45) is 10.9 Å². The number of rotatable bonds is 3. The number of fused-ring (bicyclic) bond motifs is 1. The number of carbonyl (C=O) groups is 1. The van der Waals surface area contributed by atoms with Crippen LogP contribution in [0.25, 0.3) is 11.1 Å². The molecule has 0 saturated heterocycles. The van der Waals surface area contributed by atoms with Gasteiger partial charge in [-0.2, -0.15) is 0 Å². The lowest BCUT2D eigenvalue weighted by molar-refractivity contribution is -0.140. The number of benzene rings is 2. The van der Waals surface area contributed by atoms with Crippen LogP contribution in [0.3, 0.4) is 0 Å². The van der Waals surface area contributed by atoms with Gasteiger partial charge in [-0.15, -0.1) is 0 Å². The number of hydrogen-bond acceptors (Lipinski definition) is 5. The average molecular weight is 347 g/mol. The van der Waals surface area contributed by atoms with Gasteiger partial charge < -0.3 is 5.11 Å². The van der Waals surface area contributed by atoms with Crippen molar-refractivity contribution >= 4 is 17.6 Å². The minimum absolute atomic E-state index is 0.324. The topological polar surface area (TPSA) is 93.3 Å². The van der Waals surface area contributed by atoms with E-state index in [1.165, 1.54) is 4.68 Å². The zero-order chi connectivity index (χ0) is 18.3. The predicted octanol–water partition coefficient (Wildman–Crippen LogP) is 3.04. The highest BCUT2D eigenvalue weighted by atomic mass is 16.4. The molecule has 0 saturated carbocycles. The Kier molecular flexibility index (Phi) is 3.84. The largest absolute Gasteiger partial charge is 0.481 e. The fraction of sp³-hybridized carbons (Fsp3) is 0.211. The zero-order valence-electron chi connectivity index (χ0n) is 14.4. The van der Waals surface area contributed by atoms with Crippen LogP contribution in [0, 0.1) is 12.8 Å². The number of hydrogen-bond donors (Lipinski definition) is 1. The lowest BCUT2D eigenvalue weighted by Crippen LogP contribution is -2.36. The van der Waals surface area contributed by atoms with Crippen LogP contribution in [0.5, 0.6) is 0 Å². The maximum Gasteiger partial charge on any atom is 0.314 e. The van der Waals surface area contributed by atoms with Crippen LogP contribution in [0.4, 0.5) is 5.95 Å². The van der Waals surface area contributed by atoms with Gasteiger partial charge in [-0.25, -0.2) is 9.67 Å². The molecule has 0 bridgehead atoms. The summed E-state index contributed by atoms with van der Waals surface area (Å²) < 4.78 is 1.50. The molecule has 0 amide bonds. The molecule has 0 radical (unpaired) electrons. The molecule has 2 unspecified atom stereocenters. The van der Waals surface area contributed by atoms with Gasteiger partial charge in [0.05, 0.1) is 0 Å². The van der Waals surface area contributed by atoms with Gasteiger partial charge in [-0.3, -0.25) is 4.79 Å². The van der Waals surface area contributed by atoms with Crippen molar-refractivity contribution in [1.29, 1.82) is 0 Å². The summed E-state index contributed by atoms with van der Waals surface area (Å²) in [7, 11) is 0. The van der Waals surface area contributed by atoms with Crippen LogP contribution in [0.15, 0.2) is 53.5 Å². The standard InChI is InChI=1S/C19H17N5O2/c1-11-7-3-4-8-13(11)14-9-5-6-10-15(14)17-16(18(25)26)12(2)20-19-21-22-23-24(17)19/h3-10,16-17H,1-2H3,(H,25,26). The summed E-state index contributed by atoms with van der Waals surface area (Å²) in [5.41, 5.74) is 4.49. The minimum Gasteiger partial charge on any atom is -0.481 e. The number of nitrogens with zero attached hydrogens (tertiary/aromatic N) is 5. The van der Waals surface area contributed by atoms with E-state index >= 15 is 0 Å². The van der Waals surface area contributed by atoms with Crippen molar-refractivity contribution in [3.05, 3.63) is 59.7 Å². The maximum atomic E-state index is 12.0. The van der Waals surface area contributed by atoms with Crippen LogP contribution >= 0.6 is 0 Å². The summed E-state index contributed by atoms with van der Waals surface area (Å²) in [5, 5.41) is 21.5. The molecule has 0 fully saturated rings. The SMILES string of the molecule is CC1=Nc2nnnn2C(c2ccccc2-c2ccccc2C)C1C(=O)O. The van der Waals surface area contributed by atoms with Crippen LogP contribution in [0.1, 0.15) is 24.1 Å². The molecule has 3 aromatic rings. The van der Waals surface area contributed by atoms with Crippen molar-refractivity contribution in [3.63, 3.8) is 0 Å². The van der Waals surface area contributed by atoms with E-state index in [2.05, 4.69) is 20.5 Å². The highest BCUT2D eigenvalue weighted by molar-refractivity contribution is 6.03. The second-order valence-electron chi connectivity index (χ2n) is 6.34. The van der Waals surface area contributed by atoms with Crippen molar-refractivity contribution in [3.8, 4) is 11.1 Å². The van der Waals surface area contributed by atoms with Crippen molar-refractivity contribution in [2.45, 2.75) is 19.9 Å². The molecule has 2 aromatic carbocycles. The fourth-order valence-electron chi connectivity index (χ4n) is 3.54. The molecule has 0 aliphatic carbocycles. The third kappa shape index (κ3) is 2.48. The number of aromatic nitrogens is 4. The summed E-state index contributed by atoms with van der Waals surface area (Å²) in [6.45, 7) is 3.75. The number of aliphatic imine (C=N–C) groups is 1. The van der Waals surface area contributed by atoms with E-state index in [0.29, 0.717) is 11.7 Å². The number of aliphatic carboxylic acids is 1. The van der Waals surface area contributed by atoms with Crippen LogP contribution in [-0.2, 0) is 4.79 Å². The predicted molar refractivity (Wildman–Crippen MR) is 96.5 cm³/mol. The molecule has 26 heavy (non-hydrogen) atoms. The average Bonchev–Trinajstić information content (AvgIpc) is 3.08. The minimum atomic E-state index is -0.947. The maximum absolute atomic E-state index is 12.0. The summed E-state index contributed by atoms with van der Waals surface area (Å²) >= 11 is 0. The molecule has 1 aromatic heterocycles. The van der Waals surface area contributed by atoms with E-state index in [-0.39, 0.29) is 0 Å². The fourth-order valence-corrected chi connectivity index (χ4v) is 3.54. The molecular formula is C19H17N5O2. The van der Waals surface area contributed by atoms with E-state index in [9.17, 15) is 9.90 Å². The molecular weight excluding hydrogens is 330 g/mol. The molecule has 4 rings (SSSR count). The quantitative estimate of drug-likeness (QED) is 0.786. The highest BCUT2D eigenvalue weighted by Gasteiger charge is 2.40. The lowest BCUT2D eigenvalue weighted by Gasteiger charge is -2.29. The van der Waals surface area contributed by atoms with Crippen LogP contribution in [-0.4, -0.2) is 37.0 Å². The molecule has 0 spiro atoms. The van der Waals surface area contributed by atoms with Gasteiger partial charge in [0.2, 0.25) is 0 Å². The summed E-state index contributed by atoms with van der Waals surface area (Å²) in [6, 6.07) is 15.3. The number of aryl methyl sites for hydroxylation is 1. The first-order valence-electron chi connectivity index (χ1n) is 8.28. The second kappa shape index (κ2) is 6.18. The molecule has 130 valence electrons. The van der Waals surface area contributed by atoms with Gasteiger partial charge >= 0.3 is 5.97 Å². The van der Waals surface area contributed by atoms with Crippen molar-refractivity contribution < 1.29 is 9.90 Å². The number of tetrazole rings is 1. The first kappa shape index (κ1) is 16.1. The van der Waals surface area contributed by atoms with Gasteiger partial charge in [0.15, 0.2) is 0 Å². The Morgan fingerprint density at radius 3 is 2.46 bits per heavy atom. The van der Waals surface area contributed by atoms with E-state index < -0.39 is 17.9 Å². The summed E-state index contributed by atoms with van der Waals surface area (Å²) in [5.74, 6) is -1.46. The summed E-state index contributed by atoms with van der Waals surface area (Å²) in [4.78, 5) is 16.3. The van der Waals surface area contributed by atoms with Gasteiger partial charge in [0.25, 0.3) is 5.95 Å². The molecule has 1 N–H and O–H groups in total. The summed E-state index contributed by atoms with van der Waals surface area (Å²) in [6.07, 6.45) is 0. The van der Waals surface area contributed by atoms with E-state index in [0.717, 1.165) is 22.3 Å². The monoisotopic (exact) mass is 347 g/mol. The van der Waals surface area contributed by atoms with Gasteiger partial charge in [0, 0.05) is 5.71 Å². The zero-order valence-corrected chi connectivity index (χ0v) is 14.4. The van der Waals surface area contributed by atoms with E-state index in [4.69, 9.17) is 0 Å². The Morgan fingerprint density at radius 2 is 1.73 bits per heavy atom. The molecule has 1 aliphatic heterocycles. The van der Waals surface area contributed by atoms with Crippen LogP contribution in [0.2, 0.25) is 0 Å². The Morgan fingerprint density at radius 1 is 1.04 bits per heavy atom. The van der Waals surface area contributed by atoms with Crippen molar-refractivity contribution in [1.82, 2.24) is 20.2 Å². The first-order valence-corrected chi connectivity index (χ1v) is 8.28. The lowest BCUT2D eigenvalue weighted by atomic mass is 9.84. The third-order valence-corrected chi connectivity index (χ3v) is 4.76. The Bertz CT molecular complexity index is 1020. The molecule has 1 aliphatic rings. The smallest absolute Gasteiger partial charge is 0.314 e. The second-order valence-corrected chi connectivity index (χ2v) is 6.34. The number of carboxylic acids is 1. The number of carboxylic acid groups (broad SMARTS) is 1. The van der Waals surface area contributed by atoms with E-state index in [1.807, 2.05) is 55.5 Å². The molecule has 7 nitrogen and oxygen atoms in total. The Hall–Kier alpha value is -3.35. The molecule has 2 atom stereocenters. The first-order chi connectivity index (χ1) is 12.6. The van der Waals surface area contributed by atoms with E-state index in [1.54, 1.807) is 6.92 Å². The molecule has 2 heterocycles. The van der Waals surface area contributed by atoms with Crippen LogP contribution < -0.4 is 0 Å². The molecule has 7 heteroatoms. The van der Waals surface area contributed by atoms with Gasteiger partial charge in [-0.05, 0) is 46.5 Å². The van der Waals surface area contributed by atoms with Gasteiger partial charge in [-0.1, -0.05) is 53.6 Å². The van der Waals surface area contributed by atoms with Crippen molar-refractivity contribution in [2.75, 3.05) is 0 Å². The highest BCUT2D eigenvalue weighted by Crippen LogP contribution is 2.39. The Labute approximate surface area is 150 Å². The normalized spacial score (nSPS) is 18.9. The Balaban J connectivity index is 1.97. The third-order valence-electron chi connectivity index (χ3n) is 4.76.